The highest BCUT2D eigenvalue weighted by Crippen LogP contribution is 2.67. The van der Waals surface area contributed by atoms with Crippen molar-refractivity contribution in [1.29, 1.82) is 0 Å². The van der Waals surface area contributed by atoms with E-state index >= 15 is 0 Å². The fourth-order valence-electron chi connectivity index (χ4n) is 10.1. The summed E-state index contributed by atoms with van der Waals surface area (Å²) in [7, 11) is 0. The summed E-state index contributed by atoms with van der Waals surface area (Å²) in [5.74, 6) is 5.44. The van der Waals surface area contributed by atoms with E-state index in [0.717, 1.165) is 54.0 Å². The minimum absolute atomic E-state index is 0.182. The van der Waals surface area contributed by atoms with Crippen LogP contribution in [0.1, 0.15) is 112 Å². The summed E-state index contributed by atoms with van der Waals surface area (Å²) in [4.78, 5) is 14.9. The van der Waals surface area contributed by atoms with E-state index in [-0.39, 0.29) is 5.91 Å². The molecule has 1 amide bonds. The highest BCUT2D eigenvalue weighted by Gasteiger charge is 2.59. The van der Waals surface area contributed by atoms with Gasteiger partial charge in [0.15, 0.2) is 0 Å². The molecule has 0 aliphatic heterocycles. The smallest absolute Gasteiger partial charge is 0.224 e. The van der Waals surface area contributed by atoms with Gasteiger partial charge in [-0.1, -0.05) is 83.7 Å². The van der Waals surface area contributed by atoms with Gasteiger partial charge in [0.2, 0.25) is 5.91 Å². The second-order valence-electron chi connectivity index (χ2n) is 14.4. The minimum atomic E-state index is 0.182. The maximum absolute atomic E-state index is 12.8. The molecule has 4 aliphatic rings. The number of benzene rings is 1. The number of hydrogen-bond donors (Lipinski definition) is 0. The van der Waals surface area contributed by atoms with Crippen molar-refractivity contribution in [1.82, 2.24) is 0 Å². The lowest BCUT2D eigenvalue weighted by molar-refractivity contribution is -0.117. The standard InChI is InChI=1S/C35H53NO/c1-24(2)11-10-12-25(3)31-17-18-32-30-16-15-27-23-29(36(26(4)37)28-13-8-7-9-14-28)19-21-34(27,5)33(30)20-22-35(31,32)6/h7-9,13-15,24-25,29-33H,10-12,16-23H2,1-6H3/t25-,29+,30-,31+,32-,33-,34-,35+/m0/s1. The second-order valence-corrected chi connectivity index (χ2v) is 14.4. The Hall–Kier alpha value is -1.57. The third-order valence-electron chi connectivity index (χ3n) is 12.0. The number of nitrogens with zero attached hydrogens (tertiary/aromatic N) is 1. The normalized spacial score (nSPS) is 37.8. The molecule has 0 radical (unpaired) electrons. The van der Waals surface area contributed by atoms with E-state index in [2.05, 4.69) is 69.9 Å². The number of anilines is 1. The van der Waals surface area contributed by atoms with Gasteiger partial charge in [0.25, 0.3) is 0 Å². The predicted octanol–water partition coefficient (Wildman–Crippen LogP) is 9.45. The van der Waals surface area contributed by atoms with E-state index in [0.29, 0.717) is 16.9 Å². The minimum Gasteiger partial charge on any atom is -0.309 e. The first kappa shape index (κ1) is 27.0. The third kappa shape index (κ3) is 4.85. The number of para-hydroxylation sites is 1. The molecule has 8 atom stereocenters. The number of rotatable bonds is 7. The molecule has 1 aromatic carbocycles. The van der Waals surface area contributed by atoms with Crippen molar-refractivity contribution in [3.05, 3.63) is 42.0 Å². The number of allylic oxidation sites excluding steroid dienone is 1. The van der Waals surface area contributed by atoms with Crippen molar-refractivity contribution in [3.8, 4) is 0 Å². The Bertz CT molecular complexity index is 980. The Morgan fingerprint density at radius 2 is 1.73 bits per heavy atom. The molecule has 0 spiro atoms. The van der Waals surface area contributed by atoms with Gasteiger partial charge in [-0.15, -0.1) is 0 Å². The number of hydrogen-bond acceptors (Lipinski definition) is 1. The van der Waals surface area contributed by atoms with Gasteiger partial charge < -0.3 is 4.90 Å². The van der Waals surface area contributed by atoms with Crippen LogP contribution < -0.4 is 4.90 Å². The number of amides is 1. The fourth-order valence-corrected chi connectivity index (χ4v) is 10.1. The Morgan fingerprint density at radius 3 is 2.43 bits per heavy atom. The quantitative estimate of drug-likeness (QED) is 0.339. The van der Waals surface area contributed by atoms with Crippen LogP contribution in [0.15, 0.2) is 42.0 Å². The number of carbonyl (C=O) groups excluding carboxylic acids is 1. The SMILES string of the molecule is CC(=O)N(c1ccccc1)[C@@H]1CC[C@@]2(C)C(=CC[C@H]3[C@@H]4CC[C@H]([C@@H](C)CCCC(C)C)[C@@]4(C)CC[C@@H]32)C1. The van der Waals surface area contributed by atoms with Crippen molar-refractivity contribution >= 4 is 11.6 Å². The molecular formula is C35H53NO. The summed E-state index contributed by atoms with van der Waals surface area (Å²) in [5, 5.41) is 0. The predicted molar refractivity (Wildman–Crippen MR) is 156 cm³/mol. The zero-order valence-corrected chi connectivity index (χ0v) is 24.6. The molecule has 0 N–H and O–H groups in total. The fraction of sp³-hybridized carbons (Fsp3) is 0.743. The van der Waals surface area contributed by atoms with Gasteiger partial charge in [-0.3, -0.25) is 4.79 Å². The van der Waals surface area contributed by atoms with Crippen LogP contribution in [-0.2, 0) is 4.79 Å². The van der Waals surface area contributed by atoms with E-state index < -0.39 is 0 Å². The summed E-state index contributed by atoms with van der Waals surface area (Å²) in [6.07, 6.45) is 17.4. The van der Waals surface area contributed by atoms with Crippen molar-refractivity contribution in [2.45, 2.75) is 118 Å². The maximum atomic E-state index is 12.8. The van der Waals surface area contributed by atoms with Gasteiger partial charge in [-0.25, -0.2) is 0 Å². The van der Waals surface area contributed by atoms with Crippen LogP contribution in [-0.4, -0.2) is 11.9 Å². The van der Waals surface area contributed by atoms with E-state index in [1.165, 1.54) is 57.8 Å². The summed E-state index contributed by atoms with van der Waals surface area (Å²) in [6.45, 7) is 14.4. The molecule has 0 aromatic heterocycles. The van der Waals surface area contributed by atoms with E-state index in [1.807, 2.05) is 6.07 Å². The molecular weight excluding hydrogens is 450 g/mol. The molecule has 0 bridgehead atoms. The van der Waals surface area contributed by atoms with E-state index in [9.17, 15) is 4.79 Å². The summed E-state index contributed by atoms with van der Waals surface area (Å²) in [5.41, 5.74) is 3.62. The number of fused-ring (bicyclic) bond motifs is 5. The lowest BCUT2D eigenvalue weighted by atomic mass is 9.46. The van der Waals surface area contributed by atoms with Crippen LogP contribution in [0.4, 0.5) is 5.69 Å². The topological polar surface area (TPSA) is 20.3 Å². The molecule has 3 fully saturated rings. The summed E-state index contributed by atoms with van der Waals surface area (Å²) >= 11 is 0. The largest absolute Gasteiger partial charge is 0.309 e. The van der Waals surface area contributed by atoms with Gasteiger partial charge >= 0.3 is 0 Å². The monoisotopic (exact) mass is 503 g/mol. The first-order chi connectivity index (χ1) is 17.6. The van der Waals surface area contributed by atoms with Crippen LogP contribution in [0.3, 0.4) is 0 Å². The van der Waals surface area contributed by atoms with Crippen molar-refractivity contribution in [3.63, 3.8) is 0 Å². The number of carbonyl (C=O) groups is 1. The lowest BCUT2D eigenvalue weighted by Crippen LogP contribution is -2.52. The average Bonchev–Trinajstić information content (AvgIpc) is 3.22. The van der Waals surface area contributed by atoms with Crippen molar-refractivity contribution in [2.75, 3.05) is 4.90 Å². The molecule has 2 nitrogen and oxygen atoms in total. The molecule has 4 aliphatic carbocycles. The molecule has 0 heterocycles. The van der Waals surface area contributed by atoms with Crippen LogP contribution in [0.5, 0.6) is 0 Å². The molecule has 3 saturated carbocycles. The van der Waals surface area contributed by atoms with Crippen LogP contribution in [0, 0.1) is 46.3 Å². The van der Waals surface area contributed by atoms with E-state index in [4.69, 9.17) is 0 Å². The summed E-state index contributed by atoms with van der Waals surface area (Å²) < 4.78 is 0. The Labute approximate surface area is 227 Å². The molecule has 1 aromatic rings. The Kier molecular flexibility index (Phi) is 7.69. The van der Waals surface area contributed by atoms with E-state index in [1.54, 1.807) is 12.5 Å². The maximum Gasteiger partial charge on any atom is 0.224 e. The first-order valence-electron chi connectivity index (χ1n) is 15.7. The molecule has 2 heteroatoms. The zero-order valence-electron chi connectivity index (χ0n) is 24.6. The van der Waals surface area contributed by atoms with Crippen LogP contribution >= 0.6 is 0 Å². The first-order valence-corrected chi connectivity index (χ1v) is 15.7. The zero-order chi connectivity index (χ0) is 26.4. The molecule has 0 saturated heterocycles. The van der Waals surface area contributed by atoms with Gasteiger partial charge in [0.05, 0.1) is 0 Å². The second kappa shape index (κ2) is 10.5. The average molecular weight is 504 g/mol. The van der Waals surface area contributed by atoms with Crippen LogP contribution in [0.2, 0.25) is 0 Å². The van der Waals surface area contributed by atoms with Crippen LogP contribution in [0.25, 0.3) is 0 Å². The van der Waals surface area contributed by atoms with Gasteiger partial charge in [0.1, 0.15) is 0 Å². The molecule has 204 valence electrons. The van der Waals surface area contributed by atoms with Gasteiger partial charge in [0, 0.05) is 18.7 Å². The lowest BCUT2D eigenvalue weighted by Gasteiger charge is -2.59. The highest BCUT2D eigenvalue weighted by atomic mass is 16.2. The summed E-state index contributed by atoms with van der Waals surface area (Å²) in [6, 6.07) is 10.7. The molecule has 5 rings (SSSR count). The Balaban J connectivity index is 1.32. The van der Waals surface area contributed by atoms with Gasteiger partial charge in [-0.2, -0.15) is 0 Å². The molecule has 37 heavy (non-hydrogen) atoms. The third-order valence-corrected chi connectivity index (χ3v) is 12.0. The Morgan fingerprint density at radius 1 is 0.973 bits per heavy atom. The van der Waals surface area contributed by atoms with Crippen molar-refractivity contribution in [2.24, 2.45) is 46.3 Å². The van der Waals surface area contributed by atoms with Crippen molar-refractivity contribution < 1.29 is 4.79 Å². The highest BCUT2D eigenvalue weighted by molar-refractivity contribution is 5.92. The van der Waals surface area contributed by atoms with Gasteiger partial charge in [-0.05, 0) is 110 Å². The molecule has 0 unspecified atom stereocenters.